The summed E-state index contributed by atoms with van der Waals surface area (Å²) in [5.41, 5.74) is 3.28. The minimum atomic E-state index is -0.304. The van der Waals surface area contributed by atoms with Crippen molar-refractivity contribution in [1.29, 1.82) is 0 Å². The topological polar surface area (TPSA) is 84.4 Å². The summed E-state index contributed by atoms with van der Waals surface area (Å²) in [5.74, 6) is 0.00238. The van der Waals surface area contributed by atoms with E-state index in [0.717, 1.165) is 21.3 Å². The van der Waals surface area contributed by atoms with Crippen LogP contribution in [0, 0.1) is 0 Å². The number of nitrogens with zero attached hydrogens (tertiary/aromatic N) is 3. The van der Waals surface area contributed by atoms with Gasteiger partial charge in [0, 0.05) is 23.4 Å². The number of rotatable bonds is 4. The van der Waals surface area contributed by atoms with E-state index >= 15 is 0 Å². The van der Waals surface area contributed by atoms with Crippen molar-refractivity contribution in [3.05, 3.63) is 66.3 Å². The number of hydrogen-bond acceptors (Lipinski definition) is 6. The molecule has 0 saturated carbocycles. The predicted molar refractivity (Wildman–Crippen MR) is 125 cm³/mol. The molecule has 3 heterocycles. The monoisotopic (exact) mass is 444 g/mol. The van der Waals surface area contributed by atoms with Crippen molar-refractivity contribution in [3.8, 4) is 17.0 Å². The van der Waals surface area contributed by atoms with Crippen LogP contribution in [0.1, 0.15) is 13.3 Å². The van der Waals surface area contributed by atoms with Crippen LogP contribution in [0.2, 0.25) is 0 Å². The van der Waals surface area contributed by atoms with E-state index in [1.807, 2.05) is 60.8 Å². The fourth-order valence-corrected chi connectivity index (χ4v) is 4.86. The molecule has 0 bridgehead atoms. The Bertz CT molecular complexity index is 1310. The summed E-state index contributed by atoms with van der Waals surface area (Å²) in [5, 5.41) is 5.68. The van der Waals surface area contributed by atoms with E-state index < -0.39 is 0 Å². The van der Waals surface area contributed by atoms with E-state index in [-0.39, 0.29) is 30.9 Å². The van der Waals surface area contributed by atoms with E-state index in [9.17, 15) is 9.59 Å². The molecule has 0 spiro atoms. The summed E-state index contributed by atoms with van der Waals surface area (Å²) in [4.78, 5) is 36.5. The highest BCUT2D eigenvalue weighted by Crippen LogP contribution is 2.37. The summed E-state index contributed by atoms with van der Waals surface area (Å²) in [7, 11) is 0. The van der Waals surface area contributed by atoms with Crippen molar-refractivity contribution < 1.29 is 14.3 Å². The number of fused-ring (bicyclic) bond motifs is 2. The zero-order valence-electron chi connectivity index (χ0n) is 17.3. The minimum absolute atomic E-state index is 0.121. The van der Waals surface area contributed by atoms with Crippen LogP contribution in [0.25, 0.3) is 21.3 Å². The van der Waals surface area contributed by atoms with Crippen molar-refractivity contribution in [2.75, 3.05) is 16.8 Å². The van der Waals surface area contributed by atoms with E-state index in [2.05, 4.69) is 15.3 Å². The molecule has 0 saturated heterocycles. The van der Waals surface area contributed by atoms with Gasteiger partial charge >= 0.3 is 0 Å². The fourth-order valence-electron chi connectivity index (χ4n) is 3.95. The molecule has 7 nitrogen and oxygen atoms in total. The van der Waals surface area contributed by atoms with Gasteiger partial charge in [0.25, 0.3) is 5.91 Å². The number of thiophene rings is 1. The first kappa shape index (κ1) is 20.1. The van der Waals surface area contributed by atoms with Crippen LogP contribution in [0.3, 0.4) is 0 Å². The van der Waals surface area contributed by atoms with Gasteiger partial charge in [-0.2, -0.15) is 0 Å². The van der Waals surface area contributed by atoms with Gasteiger partial charge in [-0.05, 0) is 24.6 Å². The lowest BCUT2D eigenvalue weighted by atomic mass is 10.1. The highest BCUT2D eigenvalue weighted by Gasteiger charge is 2.30. The van der Waals surface area contributed by atoms with Crippen LogP contribution in [-0.4, -0.2) is 34.4 Å². The summed E-state index contributed by atoms with van der Waals surface area (Å²) in [6, 6.07) is 16.9. The lowest BCUT2D eigenvalue weighted by molar-refractivity contribution is -0.121. The molecule has 160 valence electrons. The molecule has 1 N–H and O–H groups in total. The normalized spacial score (nSPS) is 15.7. The molecule has 0 radical (unpaired) electrons. The molecule has 2 aromatic heterocycles. The first-order valence-corrected chi connectivity index (χ1v) is 11.1. The lowest BCUT2D eigenvalue weighted by Gasteiger charge is -2.27. The van der Waals surface area contributed by atoms with Crippen LogP contribution in [0.5, 0.6) is 5.88 Å². The van der Waals surface area contributed by atoms with Crippen LogP contribution >= 0.6 is 11.3 Å². The zero-order valence-corrected chi connectivity index (χ0v) is 18.1. The second-order valence-corrected chi connectivity index (χ2v) is 8.40. The average molecular weight is 445 g/mol. The molecule has 0 fully saturated rings. The van der Waals surface area contributed by atoms with Crippen molar-refractivity contribution >= 4 is 44.7 Å². The van der Waals surface area contributed by atoms with Crippen LogP contribution < -0.4 is 15.0 Å². The van der Waals surface area contributed by atoms with Gasteiger partial charge in [-0.1, -0.05) is 42.5 Å². The number of carbonyl (C=O) groups is 2. The number of benzene rings is 2. The maximum atomic E-state index is 13.3. The number of nitrogens with one attached hydrogen (secondary N) is 1. The van der Waals surface area contributed by atoms with Gasteiger partial charge < -0.3 is 15.0 Å². The molecule has 1 aliphatic rings. The third-order valence-electron chi connectivity index (χ3n) is 5.38. The second kappa shape index (κ2) is 8.39. The molecule has 2 amide bonds. The Kier molecular flexibility index (Phi) is 5.28. The van der Waals surface area contributed by atoms with Crippen LogP contribution in [0.15, 0.2) is 66.3 Å². The number of anilines is 2. The van der Waals surface area contributed by atoms with Crippen LogP contribution in [-0.2, 0) is 9.59 Å². The van der Waals surface area contributed by atoms with Gasteiger partial charge in [0.05, 0.1) is 16.8 Å². The number of ether oxygens (including phenoxy) is 1. The maximum absolute atomic E-state index is 13.3. The first-order valence-electron chi connectivity index (χ1n) is 10.2. The standard InChI is InChI=1S/C24H20N4O3S/c1-15-11-20(29)27-18-9-5-6-10-19(18)28(15)21(30)12-31-23-22-17(16-7-3-2-4-8-16)13-32-24(22)26-14-25-23/h2-10,13-15H,11-12H2,1H3,(H,27,29)/t15-/m1/s1. The number of carbonyl (C=O) groups excluding carboxylic acids is 2. The number of para-hydroxylation sites is 2. The van der Waals surface area contributed by atoms with Crippen molar-refractivity contribution in [2.45, 2.75) is 19.4 Å². The summed E-state index contributed by atoms with van der Waals surface area (Å²) < 4.78 is 5.94. The Morgan fingerprint density at radius 1 is 1.16 bits per heavy atom. The Labute approximate surface area is 188 Å². The molecule has 1 atom stereocenters. The van der Waals surface area contributed by atoms with Crippen molar-refractivity contribution in [2.24, 2.45) is 0 Å². The van der Waals surface area contributed by atoms with E-state index in [1.165, 1.54) is 17.7 Å². The Morgan fingerprint density at radius 2 is 1.94 bits per heavy atom. The third-order valence-corrected chi connectivity index (χ3v) is 6.27. The zero-order chi connectivity index (χ0) is 22.1. The van der Waals surface area contributed by atoms with Crippen molar-refractivity contribution in [1.82, 2.24) is 9.97 Å². The van der Waals surface area contributed by atoms with Gasteiger partial charge in [0.15, 0.2) is 6.61 Å². The largest absolute Gasteiger partial charge is 0.467 e. The SMILES string of the molecule is C[C@@H]1CC(=O)Nc2ccccc2N1C(=O)COc1ncnc2scc(-c3ccccc3)c12. The lowest BCUT2D eigenvalue weighted by Crippen LogP contribution is -2.41. The molecular weight excluding hydrogens is 424 g/mol. The van der Waals surface area contributed by atoms with Gasteiger partial charge in [-0.25, -0.2) is 9.97 Å². The van der Waals surface area contributed by atoms with E-state index in [0.29, 0.717) is 17.3 Å². The van der Waals surface area contributed by atoms with E-state index in [4.69, 9.17) is 4.74 Å². The summed E-state index contributed by atoms with van der Waals surface area (Å²) >= 11 is 1.51. The highest BCUT2D eigenvalue weighted by atomic mass is 32.1. The number of amides is 2. The molecular formula is C24H20N4O3S. The predicted octanol–water partition coefficient (Wildman–Crippen LogP) is 4.50. The van der Waals surface area contributed by atoms with E-state index in [1.54, 1.807) is 11.0 Å². The second-order valence-electron chi connectivity index (χ2n) is 7.55. The third kappa shape index (κ3) is 3.69. The average Bonchev–Trinajstić information content (AvgIpc) is 3.19. The molecule has 4 aromatic rings. The van der Waals surface area contributed by atoms with Crippen molar-refractivity contribution in [3.63, 3.8) is 0 Å². The Hall–Kier alpha value is -3.78. The fraction of sp³-hybridized carbons (Fsp3) is 0.167. The Morgan fingerprint density at radius 3 is 2.78 bits per heavy atom. The summed E-state index contributed by atoms with van der Waals surface area (Å²) in [6.45, 7) is 1.65. The number of hydrogen-bond donors (Lipinski definition) is 1. The maximum Gasteiger partial charge on any atom is 0.265 e. The van der Waals surface area contributed by atoms with Gasteiger partial charge in [-0.3, -0.25) is 9.59 Å². The summed E-state index contributed by atoms with van der Waals surface area (Å²) in [6.07, 6.45) is 1.65. The quantitative estimate of drug-likeness (QED) is 0.501. The van der Waals surface area contributed by atoms with Crippen LogP contribution in [0.4, 0.5) is 11.4 Å². The highest BCUT2D eigenvalue weighted by molar-refractivity contribution is 7.17. The molecule has 2 aromatic carbocycles. The van der Waals surface area contributed by atoms with Gasteiger partial charge in [-0.15, -0.1) is 11.3 Å². The Balaban J connectivity index is 1.45. The van der Waals surface area contributed by atoms with Gasteiger partial charge in [0.1, 0.15) is 11.2 Å². The first-order chi connectivity index (χ1) is 15.6. The molecule has 32 heavy (non-hydrogen) atoms. The number of aromatic nitrogens is 2. The molecule has 5 rings (SSSR count). The minimum Gasteiger partial charge on any atom is -0.467 e. The molecule has 1 aliphatic heterocycles. The molecule has 8 heteroatoms. The molecule has 0 unspecified atom stereocenters. The van der Waals surface area contributed by atoms with Gasteiger partial charge in [0.2, 0.25) is 11.8 Å². The smallest absolute Gasteiger partial charge is 0.265 e. The molecule has 0 aliphatic carbocycles.